The van der Waals surface area contributed by atoms with Gasteiger partial charge >= 0.3 is 6.18 Å². The predicted octanol–water partition coefficient (Wildman–Crippen LogP) is 5.04. The van der Waals surface area contributed by atoms with Gasteiger partial charge in [0.15, 0.2) is 5.60 Å². The topological polar surface area (TPSA) is 75.1 Å². The summed E-state index contributed by atoms with van der Waals surface area (Å²) < 4.78 is 39.3. The number of rotatable bonds is 4. The van der Waals surface area contributed by atoms with Crippen LogP contribution in [0, 0.1) is 0 Å². The van der Waals surface area contributed by atoms with Crippen molar-refractivity contribution in [3.63, 3.8) is 0 Å². The van der Waals surface area contributed by atoms with Crippen molar-refractivity contribution in [1.29, 1.82) is 0 Å². The molecule has 2 aromatic carbocycles. The molecule has 0 saturated heterocycles. The summed E-state index contributed by atoms with van der Waals surface area (Å²) in [6.45, 7) is 2.53. The van der Waals surface area contributed by atoms with E-state index >= 15 is 0 Å². The summed E-state index contributed by atoms with van der Waals surface area (Å²) in [4.78, 5) is 21.1. The van der Waals surface area contributed by atoms with Crippen LogP contribution in [0.25, 0.3) is 21.8 Å². The first-order valence-corrected chi connectivity index (χ1v) is 9.93. The molecular formula is C24H20F3N3O2. The number of hydrogen-bond donors (Lipinski definition) is 2. The van der Waals surface area contributed by atoms with Gasteiger partial charge in [0.1, 0.15) is 0 Å². The fourth-order valence-electron chi connectivity index (χ4n) is 3.54. The summed E-state index contributed by atoms with van der Waals surface area (Å²) in [7, 11) is 0. The van der Waals surface area contributed by atoms with E-state index in [4.69, 9.17) is 0 Å². The Morgan fingerprint density at radius 1 is 1.03 bits per heavy atom. The second-order valence-corrected chi connectivity index (χ2v) is 7.79. The second-order valence-electron chi connectivity index (χ2n) is 7.79. The summed E-state index contributed by atoms with van der Waals surface area (Å²) in [6.07, 6.45) is -3.17. The Bertz CT molecular complexity index is 1310. The number of alkyl halides is 3. The lowest BCUT2D eigenvalue weighted by atomic mass is 9.99. The van der Waals surface area contributed by atoms with Crippen LogP contribution < -0.4 is 5.32 Å². The molecule has 32 heavy (non-hydrogen) atoms. The van der Waals surface area contributed by atoms with Crippen LogP contribution in [0.2, 0.25) is 0 Å². The van der Waals surface area contributed by atoms with Gasteiger partial charge < -0.3 is 10.4 Å². The van der Waals surface area contributed by atoms with Crippen LogP contribution in [-0.2, 0) is 5.60 Å². The minimum atomic E-state index is -4.86. The van der Waals surface area contributed by atoms with Crippen molar-refractivity contribution in [2.45, 2.75) is 31.7 Å². The standard InChI is InChI=1S/C24H20F3N3O2/c1-14(17-11-12-28-20-6-4-3-5-18(17)20)29-22(31)16-7-9-19-15(13-16)8-10-21(30-19)23(2,32)24(25,26)27/h3-14,32H,1-2H3,(H,29,31)/t14-,23?/m1/s1. The van der Waals surface area contributed by atoms with Crippen LogP contribution in [-0.4, -0.2) is 27.2 Å². The quantitative estimate of drug-likeness (QED) is 0.467. The van der Waals surface area contributed by atoms with E-state index in [1.165, 1.54) is 18.2 Å². The van der Waals surface area contributed by atoms with Gasteiger partial charge in [-0.25, -0.2) is 4.98 Å². The lowest BCUT2D eigenvalue weighted by molar-refractivity contribution is -0.260. The number of aliphatic hydroxyl groups is 1. The summed E-state index contributed by atoms with van der Waals surface area (Å²) in [5.74, 6) is -0.327. The van der Waals surface area contributed by atoms with Crippen LogP contribution in [0.5, 0.6) is 0 Å². The zero-order valence-electron chi connectivity index (χ0n) is 17.3. The molecule has 0 fully saturated rings. The molecule has 2 aromatic heterocycles. The maximum atomic E-state index is 13.1. The van der Waals surface area contributed by atoms with E-state index in [0.29, 0.717) is 17.9 Å². The van der Waals surface area contributed by atoms with Crippen molar-refractivity contribution in [1.82, 2.24) is 15.3 Å². The Hall–Kier alpha value is -3.52. The van der Waals surface area contributed by atoms with Crippen molar-refractivity contribution in [2.24, 2.45) is 0 Å². The van der Waals surface area contributed by atoms with Crippen LogP contribution in [0.1, 0.15) is 41.5 Å². The average Bonchev–Trinajstić information content (AvgIpc) is 2.77. The van der Waals surface area contributed by atoms with Crippen molar-refractivity contribution < 1.29 is 23.1 Å². The van der Waals surface area contributed by atoms with E-state index < -0.39 is 17.5 Å². The number of pyridine rings is 2. The Morgan fingerprint density at radius 3 is 2.53 bits per heavy atom. The van der Waals surface area contributed by atoms with E-state index in [-0.39, 0.29) is 17.5 Å². The summed E-state index contributed by atoms with van der Waals surface area (Å²) in [5.41, 5.74) is -1.23. The predicted molar refractivity (Wildman–Crippen MR) is 115 cm³/mol. The molecule has 0 aliphatic heterocycles. The highest BCUT2D eigenvalue weighted by Crippen LogP contribution is 2.38. The molecule has 2 heterocycles. The fraction of sp³-hybridized carbons (Fsp3) is 0.208. The van der Waals surface area contributed by atoms with E-state index in [1.807, 2.05) is 37.3 Å². The molecule has 0 radical (unpaired) electrons. The number of para-hydroxylation sites is 1. The highest BCUT2D eigenvalue weighted by Gasteiger charge is 2.52. The van der Waals surface area contributed by atoms with Gasteiger partial charge in [-0.3, -0.25) is 9.78 Å². The van der Waals surface area contributed by atoms with Crippen molar-refractivity contribution in [3.8, 4) is 0 Å². The highest BCUT2D eigenvalue weighted by molar-refractivity contribution is 5.98. The number of aromatic nitrogens is 2. The van der Waals surface area contributed by atoms with Gasteiger partial charge in [0.25, 0.3) is 5.91 Å². The average molecular weight is 439 g/mol. The number of fused-ring (bicyclic) bond motifs is 2. The molecule has 1 amide bonds. The molecule has 4 rings (SSSR count). The molecule has 164 valence electrons. The van der Waals surface area contributed by atoms with Crippen LogP contribution in [0.3, 0.4) is 0 Å². The molecule has 4 aromatic rings. The molecule has 2 N–H and O–H groups in total. The molecule has 2 atom stereocenters. The molecule has 0 bridgehead atoms. The maximum Gasteiger partial charge on any atom is 0.422 e. The van der Waals surface area contributed by atoms with Gasteiger partial charge in [-0.2, -0.15) is 13.2 Å². The van der Waals surface area contributed by atoms with Crippen molar-refractivity contribution in [3.05, 3.63) is 83.7 Å². The number of carbonyl (C=O) groups is 1. The third kappa shape index (κ3) is 3.89. The van der Waals surface area contributed by atoms with Gasteiger partial charge in [-0.15, -0.1) is 0 Å². The summed E-state index contributed by atoms with van der Waals surface area (Å²) in [6, 6.07) is 16.2. The number of carbonyl (C=O) groups excluding carboxylic acids is 1. The Morgan fingerprint density at radius 2 is 1.78 bits per heavy atom. The lowest BCUT2D eigenvalue weighted by Crippen LogP contribution is -2.39. The van der Waals surface area contributed by atoms with Gasteiger partial charge in [0.05, 0.1) is 22.8 Å². The third-order valence-electron chi connectivity index (χ3n) is 5.50. The summed E-state index contributed by atoms with van der Waals surface area (Å²) in [5, 5.41) is 14.2. The number of benzene rings is 2. The van der Waals surface area contributed by atoms with Crippen molar-refractivity contribution in [2.75, 3.05) is 0 Å². The molecule has 0 aliphatic rings. The molecule has 8 heteroatoms. The first-order valence-electron chi connectivity index (χ1n) is 9.93. The third-order valence-corrected chi connectivity index (χ3v) is 5.50. The molecule has 0 spiro atoms. The Kier molecular flexibility index (Phi) is 5.34. The fourth-order valence-corrected chi connectivity index (χ4v) is 3.54. The van der Waals surface area contributed by atoms with E-state index in [0.717, 1.165) is 22.5 Å². The van der Waals surface area contributed by atoms with Gasteiger partial charge in [-0.05, 0) is 55.8 Å². The monoisotopic (exact) mass is 439 g/mol. The molecule has 0 saturated carbocycles. The Labute approximate surface area is 181 Å². The Balaban J connectivity index is 1.59. The minimum absolute atomic E-state index is 0.247. The number of nitrogens with one attached hydrogen (secondary N) is 1. The maximum absolute atomic E-state index is 13.1. The van der Waals surface area contributed by atoms with Crippen molar-refractivity contribution >= 4 is 27.7 Å². The smallest absolute Gasteiger partial charge is 0.375 e. The normalized spacial score (nSPS) is 14.8. The number of halogens is 3. The van der Waals surface area contributed by atoms with E-state index in [1.54, 1.807) is 12.3 Å². The van der Waals surface area contributed by atoms with E-state index in [9.17, 15) is 23.1 Å². The molecule has 1 unspecified atom stereocenters. The van der Waals surface area contributed by atoms with Crippen LogP contribution in [0.4, 0.5) is 13.2 Å². The van der Waals surface area contributed by atoms with Gasteiger partial charge in [-0.1, -0.05) is 24.3 Å². The minimum Gasteiger partial charge on any atom is -0.375 e. The number of hydrogen-bond acceptors (Lipinski definition) is 4. The lowest BCUT2D eigenvalue weighted by Gasteiger charge is -2.25. The highest BCUT2D eigenvalue weighted by atomic mass is 19.4. The molecule has 5 nitrogen and oxygen atoms in total. The number of amides is 1. The van der Waals surface area contributed by atoms with Crippen LogP contribution >= 0.6 is 0 Å². The van der Waals surface area contributed by atoms with Gasteiger partial charge in [0, 0.05) is 22.5 Å². The van der Waals surface area contributed by atoms with E-state index in [2.05, 4.69) is 15.3 Å². The SMILES string of the molecule is C[C@@H](NC(=O)c1ccc2nc(C(C)(O)C(F)(F)F)ccc2c1)c1ccnc2ccccc12. The first-order chi connectivity index (χ1) is 15.1. The summed E-state index contributed by atoms with van der Waals surface area (Å²) >= 11 is 0. The zero-order valence-corrected chi connectivity index (χ0v) is 17.3. The number of nitrogens with zero attached hydrogens (tertiary/aromatic N) is 2. The zero-order chi connectivity index (χ0) is 23.1. The van der Waals surface area contributed by atoms with Gasteiger partial charge in [0.2, 0.25) is 0 Å². The largest absolute Gasteiger partial charge is 0.422 e. The second kappa shape index (κ2) is 7.87. The molecular weight excluding hydrogens is 419 g/mol. The van der Waals surface area contributed by atoms with Crippen LogP contribution in [0.15, 0.2) is 66.9 Å². The first kappa shape index (κ1) is 21.7. The molecule has 0 aliphatic carbocycles.